The van der Waals surface area contributed by atoms with Gasteiger partial charge in [-0.15, -0.1) is 0 Å². The molecule has 1 aromatic heterocycles. The second-order valence-electron chi connectivity index (χ2n) is 9.27. The van der Waals surface area contributed by atoms with E-state index < -0.39 is 0 Å². The Hall–Kier alpha value is -3.21. The fourth-order valence-corrected chi connectivity index (χ4v) is 4.96. The highest BCUT2D eigenvalue weighted by Gasteiger charge is 2.23. The van der Waals surface area contributed by atoms with E-state index in [4.69, 9.17) is 13.9 Å². The van der Waals surface area contributed by atoms with E-state index in [0.29, 0.717) is 12.5 Å². The standard InChI is InChI=1S/C29H35NO4/c1-6-33-28-20(4)29-24(25(17-34-29)21-11-13-22(32-5)14-12-21)16-23(28)19(3)15-27(31)30-26-10-8-7-9-18(26)2/h11-18,26H,6-10H2,1-5H3,(H,30,31)/b19-15+. The molecule has 0 aliphatic heterocycles. The first kappa shape index (κ1) is 23.9. The van der Waals surface area contributed by atoms with E-state index >= 15 is 0 Å². The lowest BCUT2D eigenvalue weighted by Gasteiger charge is -2.29. The summed E-state index contributed by atoms with van der Waals surface area (Å²) in [5.41, 5.74) is 5.55. The highest BCUT2D eigenvalue weighted by atomic mass is 16.5. The molecule has 1 saturated carbocycles. The van der Waals surface area contributed by atoms with Crippen molar-refractivity contribution in [1.29, 1.82) is 0 Å². The summed E-state index contributed by atoms with van der Waals surface area (Å²) in [6, 6.07) is 10.3. The van der Waals surface area contributed by atoms with E-state index in [0.717, 1.165) is 56.7 Å². The third-order valence-corrected chi connectivity index (χ3v) is 6.95. The van der Waals surface area contributed by atoms with Crippen LogP contribution in [-0.4, -0.2) is 25.7 Å². The molecule has 0 radical (unpaired) electrons. The quantitative estimate of drug-likeness (QED) is 0.388. The van der Waals surface area contributed by atoms with Crippen LogP contribution in [0.4, 0.5) is 0 Å². The number of amides is 1. The fraction of sp³-hybridized carbons (Fsp3) is 0.414. The third kappa shape index (κ3) is 4.84. The van der Waals surface area contributed by atoms with Gasteiger partial charge in [0, 0.05) is 34.2 Å². The van der Waals surface area contributed by atoms with E-state index in [1.807, 2.05) is 45.0 Å². The van der Waals surface area contributed by atoms with Crippen LogP contribution < -0.4 is 14.8 Å². The second kappa shape index (κ2) is 10.4. The Labute approximate surface area is 202 Å². The Morgan fingerprint density at radius 1 is 1.21 bits per heavy atom. The monoisotopic (exact) mass is 461 g/mol. The molecule has 1 aliphatic carbocycles. The van der Waals surface area contributed by atoms with Crippen molar-refractivity contribution in [2.45, 2.75) is 59.4 Å². The van der Waals surface area contributed by atoms with Gasteiger partial charge in [0.1, 0.15) is 17.1 Å². The van der Waals surface area contributed by atoms with Gasteiger partial charge in [0.2, 0.25) is 5.91 Å². The maximum Gasteiger partial charge on any atom is 0.244 e. The summed E-state index contributed by atoms with van der Waals surface area (Å²) in [6.45, 7) is 8.71. The number of carbonyl (C=O) groups excluding carboxylic acids is 1. The van der Waals surface area contributed by atoms with Crippen molar-refractivity contribution in [2.24, 2.45) is 5.92 Å². The van der Waals surface area contributed by atoms with Crippen LogP contribution in [0.1, 0.15) is 57.6 Å². The Bertz CT molecular complexity index is 1190. The Morgan fingerprint density at radius 2 is 1.94 bits per heavy atom. The predicted octanol–water partition coefficient (Wildman–Crippen LogP) is 6.91. The zero-order valence-corrected chi connectivity index (χ0v) is 20.9. The number of hydrogen-bond donors (Lipinski definition) is 1. The van der Waals surface area contributed by atoms with Gasteiger partial charge in [-0.25, -0.2) is 0 Å². The van der Waals surface area contributed by atoms with E-state index in [1.54, 1.807) is 19.4 Å². The molecule has 34 heavy (non-hydrogen) atoms. The van der Waals surface area contributed by atoms with Gasteiger partial charge in [0.05, 0.1) is 20.0 Å². The first-order valence-electron chi connectivity index (χ1n) is 12.2. The van der Waals surface area contributed by atoms with Gasteiger partial charge in [0.25, 0.3) is 0 Å². The molecule has 1 N–H and O–H groups in total. The maximum absolute atomic E-state index is 12.9. The number of hydrogen-bond acceptors (Lipinski definition) is 4. The lowest BCUT2D eigenvalue weighted by molar-refractivity contribution is -0.117. The molecule has 1 aliphatic rings. The molecule has 2 atom stereocenters. The molecule has 5 heteroatoms. The Balaban J connectivity index is 1.73. The summed E-state index contributed by atoms with van der Waals surface area (Å²) in [5.74, 6) is 2.04. The number of methoxy groups -OCH3 is 1. The summed E-state index contributed by atoms with van der Waals surface area (Å²) < 4.78 is 17.3. The summed E-state index contributed by atoms with van der Waals surface area (Å²) in [6.07, 6.45) is 8.15. The molecule has 2 unspecified atom stereocenters. The molecule has 4 rings (SSSR count). The third-order valence-electron chi connectivity index (χ3n) is 6.95. The van der Waals surface area contributed by atoms with Crippen LogP contribution in [0, 0.1) is 12.8 Å². The van der Waals surface area contributed by atoms with Gasteiger partial charge in [-0.1, -0.05) is 31.9 Å². The van der Waals surface area contributed by atoms with E-state index in [1.165, 1.54) is 19.3 Å². The minimum absolute atomic E-state index is 0.0426. The number of aryl methyl sites for hydroxylation is 1. The first-order chi connectivity index (χ1) is 16.4. The van der Waals surface area contributed by atoms with Crippen molar-refractivity contribution in [3.05, 3.63) is 53.8 Å². The van der Waals surface area contributed by atoms with Gasteiger partial charge in [-0.2, -0.15) is 0 Å². The van der Waals surface area contributed by atoms with Crippen LogP contribution in [0.5, 0.6) is 11.5 Å². The largest absolute Gasteiger partial charge is 0.497 e. The van der Waals surface area contributed by atoms with Crippen molar-refractivity contribution in [3.63, 3.8) is 0 Å². The number of furan rings is 1. The molecule has 1 fully saturated rings. The molecule has 1 amide bonds. The first-order valence-corrected chi connectivity index (χ1v) is 12.2. The van der Waals surface area contributed by atoms with Crippen LogP contribution in [0.15, 0.2) is 47.1 Å². The lowest BCUT2D eigenvalue weighted by atomic mass is 9.86. The lowest BCUT2D eigenvalue weighted by Crippen LogP contribution is -2.40. The number of benzene rings is 2. The number of allylic oxidation sites excluding steroid dienone is 1. The molecular weight excluding hydrogens is 426 g/mol. The van der Waals surface area contributed by atoms with Crippen LogP contribution in [0.25, 0.3) is 27.7 Å². The molecule has 2 aromatic carbocycles. The Morgan fingerprint density at radius 3 is 2.62 bits per heavy atom. The summed E-state index contributed by atoms with van der Waals surface area (Å²) >= 11 is 0. The van der Waals surface area contributed by atoms with Gasteiger partial charge < -0.3 is 19.2 Å². The molecule has 1 heterocycles. The van der Waals surface area contributed by atoms with Crippen LogP contribution >= 0.6 is 0 Å². The fourth-order valence-electron chi connectivity index (χ4n) is 4.96. The second-order valence-corrected chi connectivity index (χ2v) is 9.27. The number of rotatable bonds is 7. The van der Waals surface area contributed by atoms with Crippen molar-refractivity contribution in [3.8, 4) is 22.6 Å². The van der Waals surface area contributed by atoms with Crippen molar-refractivity contribution in [1.82, 2.24) is 5.32 Å². The normalized spacial score (nSPS) is 18.7. The SMILES string of the molecule is CCOc1c(/C(C)=C/C(=O)NC2CCCCC2C)cc2c(-c3ccc(OC)cc3)coc2c1C. The molecular formula is C29H35NO4. The number of nitrogens with one attached hydrogen (secondary N) is 1. The minimum Gasteiger partial charge on any atom is -0.497 e. The average molecular weight is 462 g/mol. The van der Waals surface area contributed by atoms with Crippen molar-refractivity contribution < 1.29 is 18.7 Å². The van der Waals surface area contributed by atoms with E-state index in [9.17, 15) is 4.79 Å². The molecule has 0 saturated heterocycles. The predicted molar refractivity (Wildman–Crippen MR) is 137 cm³/mol. The average Bonchev–Trinajstić information content (AvgIpc) is 3.26. The number of ether oxygens (including phenoxy) is 2. The zero-order valence-electron chi connectivity index (χ0n) is 20.9. The molecule has 0 bridgehead atoms. The Kier molecular flexibility index (Phi) is 7.30. The van der Waals surface area contributed by atoms with Crippen LogP contribution in [0.2, 0.25) is 0 Å². The van der Waals surface area contributed by atoms with Gasteiger partial charge in [-0.3, -0.25) is 4.79 Å². The van der Waals surface area contributed by atoms with Gasteiger partial charge in [-0.05, 0) is 68.9 Å². The summed E-state index contributed by atoms with van der Waals surface area (Å²) in [4.78, 5) is 12.9. The van der Waals surface area contributed by atoms with Crippen molar-refractivity contribution >= 4 is 22.4 Å². The van der Waals surface area contributed by atoms with Gasteiger partial charge in [0.15, 0.2) is 0 Å². The molecule has 0 spiro atoms. The zero-order chi connectivity index (χ0) is 24.2. The molecule has 180 valence electrons. The number of carbonyl (C=O) groups is 1. The smallest absolute Gasteiger partial charge is 0.244 e. The minimum atomic E-state index is -0.0426. The number of fused-ring (bicyclic) bond motifs is 1. The molecule has 3 aromatic rings. The van der Waals surface area contributed by atoms with E-state index in [2.05, 4.69) is 18.3 Å². The molecule has 5 nitrogen and oxygen atoms in total. The highest BCUT2D eigenvalue weighted by molar-refractivity contribution is 6.01. The highest BCUT2D eigenvalue weighted by Crippen LogP contribution is 2.41. The van der Waals surface area contributed by atoms with Gasteiger partial charge >= 0.3 is 0 Å². The van der Waals surface area contributed by atoms with Crippen molar-refractivity contribution in [2.75, 3.05) is 13.7 Å². The van der Waals surface area contributed by atoms with Crippen LogP contribution in [0.3, 0.4) is 0 Å². The van der Waals surface area contributed by atoms with E-state index in [-0.39, 0.29) is 11.9 Å². The topological polar surface area (TPSA) is 60.7 Å². The maximum atomic E-state index is 12.9. The van der Waals surface area contributed by atoms with Crippen LogP contribution in [-0.2, 0) is 4.79 Å². The summed E-state index contributed by atoms with van der Waals surface area (Å²) in [5, 5.41) is 4.22. The summed E-state index contributed by atoms with van der Waals surface area (Å²) in [7, 11) is 1.66.